The van der Waals surface area contributed by atoms with Crippen molar-refractivity contribution < 1.29 is 9.45 Å². The largest absolute Gasteiger partial charge is 0.393 e. The van der Waals surface area contributed by atoms with Crippen LogP contribution in [0.1, 0.15) is 36.4 Å². The quantitative estimate of drug-likeness (QED) is 0.375. The van der Waals surface area contributed by atoms with Gasteiger partial charge in [-0.1, -0.05) is 17.3 Å². The predicted molar refractivity (Wildman–Crippen MR) is 112 cm³/mol. The number of nitro groups is 1. The third-order valence-electron chi connectivity index (χ3n) is 5.26. The molecule has 0 unspecified atom stereocenters. The van der Waals surface area contributed by atoms with Gasteiger partial charge in [0.25, 0.3) is 5.69 Å². The van der Waals surface area contributed by atoms with Crippen molar-refractivity contribution in [1.82, 2.24) is 15.0 Å². The van der Waals surface area contributed by atoms with E-state index >= 15 is 0 Å². The van der Waals surface area contributed by atoms with Gasteiger partial charge < -0.3 is 10.3 Å². The minimum absolute atomic E-state index is 0.0171. The summed E-state index contributed by atoms with van der Waals surface area (Å²) < 4.78 is 5.48. The number of rotatable bonds is 5. The SMILES string of the molecule is Cc1cc(C2=CCN([C@@H](C)c3nc(-c4cccs4)no3)CC2)cc([N+](=O)[O-])c1N. The normalized spacial score (nSPS) is 15.9. The van der Waals surface area contributed by atoms with Gasteiger partial charge in [0.15, 0.2) is 0 Å². The Morgan fingerprint density at radius 1 is 1.41 bits per heavy atom. The van der Waals surface area contributed by atoms with Crippen molar-refractivity contribution in [3.05, 3.63) is 62.9 Å². The highest BCUT2D eigenvalue weighted by atomic mass is 32.1. The van der Waals surface area contributed by atoms with E-state index in [1.54, 1.807) is 24.3 Å². The number of nitrogen functional groups attached to an aromatic ring is 1. The van der Waals surface area contributed by atoms with E-state index in [1.807, 2.05) is 30.5 Å². The predicted octanol–water partition coefficient (Wildman–Crippen LogP) is 4.45. The van der Waals surface area contributed by atoms with Crippen LogP contribution >= 0.6 is 11.3 Å². The highest BCUT2D eigenvalue weighted by Gasteiger charge is 2.25. The van der Waals surface area contributed by atoms with Crippen LogP contribution in [0.3, 0.4) is 0 Å². The van der Waals surface area contributed by atoms with Crippen LogP contribution < -0.4 is 5.73 Å². The minimum Gasteiger partial charge on any atom is -0.393 e. The van der Waals surface area contributed by atoms with Crippen molar-refractivity contribution in [2.24, 2.45) is 0 Å². The van der Waals surface area contributed by atoms with Crippen LogP contribution in [0.4, 0.5) is 11.4 Å². The highest BCUT2D eigenvalue weighted by Crippen LogP contribution is 2.33. The Kier molecular flexibility index (Phi) is 5.16. The van der Waals surface area contributed by atoms with Crippen LogP contribution in [-0.4, -0.2) is 33.1 Å². The van der Waals surface area contributed by atoms with Gasteiger partial charge in [-0.2, -0.15) is 4.98 Å². The molecule has 2 aromatic heterocycles. The topological polar surface area (TPSA) is 111 Å². The standard InChI is InChI=1S/C20H21N5O3S/c1-12-10-15(11-16(18(12)21)25(26)27)14-5-7-24(8-6-14)13(2)20-22-19(23-28-20)17-4-3-9-29-17/h3-5,9-11,13H,6-8,21H2,1-2H3/t13-/m0/s1. The third kappa shape index (κ3) is 3.79. The van der Waals surface area contributed by atoms with Crippen molar-refractivity contribution in [2.45, 2.75) is 26.3 Å². The summed E-state index contributed by atoms with van der Waals surface area (Å²) in [5, 5.41) is 17.3. The Morgan fingerprint density at radius 3 is 2.90 bits per heavy atom. The Balaban J connectivity index is 1.50. The van der Waals surface area contributed by atoms with Gasteiger partial charge in [0, 0.05) is 19.2 Å². The molecule has 2 N–H and O–H groups in total. The fourth-order valence-corrected chi connectivity index (χ4v) is 4.13. The van der Waals surface area contributed by atoms with Gasteiger partial charge in [-0.3, -0.25) is 15.0 Å². The molecule has 0 amide bonds. The van der Waals surface area contributed by atoms with Gasteiger partial charge in [-0.15, -0.1) is 11.3 Å². The Bertz CT molecular complexity index is 1070. The lowest BCUT2D eigenvalue weighted by molar-refractivity contribution is -0.383. The molecule has 0 spiro atoms. The monoisotopic (exact) mass is 411 g/mol. The van der Waals surface area contributed by atoms with Crippen molar-refractivity contribution in [2.75, 3.05) is 18.8 Å². The van der Waals surface area contributed by atoms with E-state index in [4.69, 9.17) is 10.3 Å². The fourth-order valence-electron chi connectivity index (χ4n) is 3.48. The van der Waals surface area contributed by atoms with Crippen molar-refractivity contribution in [3.8, 4) is 10.7 Å². The smallest absolute Gasteiger partial charge is 0.292 e. The molecule has 1 atom stereocenters. The number of nitrogens with zero attached hydrogens (tertiary/aromatic N) is 4. The first-order valence-electron chi connectivity index (χ1n) is 9.29. The zero-order valence-corrected chi connectivity index (χ0v) is 17.0. The van der Waals surface area contributed by atoms with Crippen LogP contribution in [0.25, 0.3) is 16.3 Å². The number of benzene rings is 1. The van der Waals surface area contributed by atoms with Gasteiger partial charge >= 0.3 is 0 Å². The summed E-state index contributed by atoms with van der Waals surface area (Å²) in [7, 11) is 0. The van der Waals surface area contributed by atoms with Crippen LogP contribution in [0.2, 0.25) is 0 Å². The average Bonchev–Trinajstić information content (AvgIpc) is 3.41. The summed E-state index contributed by atoms with van der Waals surface area (Å²) in [4.78, 5) is 18.6. The lowest BCUT2D eigenvalue weighted by atomic mass is 9.96. The molecule has 150 valence electrons. The maximum Gasteiger partial charge on any atom is 0.292 e. The maximum absolute atomic E-state index is 11.3. The molecule has 0 saturated heterocycles. The van der Waals surface area contributed by atoms with Crippen LogP contribution in [0.15, 0.2) is 40.2 Å². The van der Waals surface area contributed by atoms with E-state index in [0.717, 1.165) is 34.5 Å². The number of hydrogen-bond donors (Lipinski definition) is 1. The lowest BCUT2D eigenvalue weighted by Gasteiger charge is -2.30. The van der Waals surface area contributed by atoms with Crippen LogP contribution in [0, 0.1) is 17.0 Å². The number of nitrogens with two attached hydrogens (primary N) is 1. The van der Waals surface area contributed by atoms with Crippen molar-refractivity contribution in [1.29, 1.82) is 0 Å². The molecule has 0 radical (unpaired) electrons. The number of thiophene rings is 1. The van der Waals surface area contributed by atoms with E-state index in [-0.39, 0.29) is 17.4 Å². The van der Waals surface area contributed by atoms with E-state index in [0.29, 0.717) is 18.3 Å². The molecule has 8 nitrogen and oxygen atoms in total. The molecular weight excluding hydrogens is 390 g/mol. The summed E-state index contributed by atoms with van der Waals surface area (Å²) in [6.45, 7) is 5.33. The molecule has 3 heterocycles. The maximum atomic E-state index is 11.3. The first-order chi connectivity index (χ1) is 13.9. The molecule has 0 aliphatic carbocycles. The summed E-state index contributed by atoms with van der Waals surface area (Å²) in [6, 6.07) is 7.39. The molecule has 9 heteroatoms. The summed E-state index contributed by atoms with van der Waals surface area (Å²) in [5.41, 5.74) is 8.70. The minimum atomic E-state index is -0.426. The van der Waals surface area contributed by atoms with Crippen LogP contribution in [-0.2, 0) is 0 Å². The Hall–Kier alpha value is -3.04. The van der Waals surface area contributed by atoms with Gasteiger partial charge in [-0.05, 0) is 54.5 Å². The van der Waals surface area contributed by atoms with E-state index in [9.17, 15) is 10.1 Å². The zero-order valence-electron chi connectivity index (χ0n) is 16.2. The van der Waals surface area contributed by atoms with Gasteiger partial charge in [0.2, 0.25) is 11.7 Å². The molecule has 0 bridgehead atoms. The molecule has 1 aromatic carbocycles. The lowest BCUT2D eigenvalue weighted by Crippen LogP contribution is -2.31. The highest BCUT2D eigenvalue weighted by molar-refractivity contribution is 7.13. The summed E-state index contributed by atoms with van der Waals surface area (Å²) in [6.07, 6.45) is 2.88. The number of nitro benzene ring substituents is 1. The van der Waals surface area contributed by atoms with E-state index in [1.165, 1.54) is 0 Å². The molecule has 3 aromatic rings. The summed E-state index contributed by atoms with van der Waals surface area (Å²) in [5.74, 6) is 1.20. The van der Waals surface area contributed by atoms with E-state index in [2.05, 4.69) is 21.1 Å². The van der Waals surface area contributed by atoms with Gasteiger partial charge in [0.05, 0.1) is 15.8 Å². The molecule has 1 aliphatic rings. The van der Waals surface area contributed by atoms with Crippen LogP contribution in [0.5, 0.6) is 0 Å². The molecule has 0 fully saturated rings. The second kappa shape index (κ2) is 7.76. The van der Waals surface area contributed by atoms with Crippen molar-refractivity contribution >= 4 is 28.3 Å². The average molecular weight is 411 g/mol. The van der Waals surface area contributed by atoms with Crippen molar-refractivity contribution in [3.63, 3.8) is 0 Å². The van der Waals surface area contributed by atoms with E-state index < -0.39 is 4.92 Å². The summed E-state index contributed by atoms with van der Waals surface area (Å²) >= 11 is 1.57. The first kappa shape index (κ1) is 19.3. The third-order valence-corrected chi connectivity index (χ3v) is 6.13. The van der Waals surface area contributed by atoms with Gasteiger partial charge in [0.1, 0.15) is 5.69 Å². The molecular formula is C20H21N5O3S. The first-order valence-corrected chi connectivity index (χ1v) is 10.2. The number of hydrogen-bond acceptors (Lipinski definition) is 8. The van der Waals surface area contributed by atoms with Gasteiger partial charge in [-0.25, -0.2) is 0 Å². The molecule has 1 aliphatic heterocycles. The molecule has 0 saturated carbocycles. The fraction of sp³-hybridized carbons (Fsp3) is 0.300. The number of aromatic nitrogens is 2. The number of anilines is 1. The second-order valence-electron chi connectivity index (χ2n) is 7.07. The zero-order chi connectivity index (χ0) is 20.5. The molecule has 4 rings (SSSR count). The Labute approximate surface area is 171 Å². The number of aryl methyl sites for hydroxylation is 1. The molecule has 29 heavy (non-hydrogen) atoms. The Morgan fingerprint density at radius 2 is 2.24 bits per heavy atom. The second-order valence-corrected chi connectivity index (χ2v) is 8.01.